The van der Waals surface area contributed by atoms with Crippen molar-refractivity contribution < 1.29 is 19.0 Å². The molecule has 5 nitrogen and oxygen atoms in total. The third kappa shape index (κ3) is 7.23. The largest absolute Gasteiger partial charge is 0.493 e. The normalized spacial score (nSPS) is 18.2. The van der Waals surface area contributed by atoms with Gasteiger partial charge in [0.05, 0.1) is 19.8 Å². The average Bonchev–Trinajstić information content (AvgIpc) is 2.85. The fraction of sp³-hybridized carbons (Fsp3) is 0.552. The minimum Gasteiger partial charge on any atom is -0.493 e. The smallest absolute Gasteiger partial charge is 0.222 e. The van der Waals surface area contributed by atoms with Crippen molar-refractivity contribution in [1.82, 2.24) is 4.90 Å². The highest BCUT2D eigenvalue weighted by atomic mass is 16.5. The Morgan fingerprint density at radius 2 is 1.82 bits per heavy atom. The van der Waals surface area contributed by atoms with Gasteiger partial charge in [-0.3, -0.25) is 4.79 Å². The Balaban J connectivity index is 1.75. The first kappa shape index (κ1) is 26.1. The number of amides is 1. The topological polar surface area (TPSA) is 48.0 Å². The summed E-state index contributed by atoms with van der Waals surface area (Å²) in [6, 6.07) is 16.6. The number of hydrogen-bond acceptors (Lipinski definition) is 4. The van der Waals surface area contributed by atoms with Crippen molar-refractivity contribution in [3.8, 4) is 11.5 Å². The molecule has 1 amide bonds. The number of carbonyl (C=O) groups is 1. The molecule has 186 valence electrons. The van der Waals surface area contributed by atoms with Crippen LogP contribution in [0.15, 0.2) is 48.5 Å². The molecule has 1 aliphatic heterocycles. The van der Waals surface area contributed by atoms with Crippen LogP contribution in [-0.2, 0) is 22.5 Å². The first-order chi connectivity index (χ1) is 16.3. The highest BCUT2D eigenvalue weighted by Gasteiger charge is 2.33. The van der Waals surface area contributed by atoms with Gasteiger partial charge in [-0.15, -0.1) is 0 Å². The van der Waals surface area contributed by atoms with Gasteiger partial charge in [0.1, 0.15) is 0 Å². The second-order valence-electron chi connectivity index (χ2n) is 9.96. The minimum atomic E-state index is -0.0869. The van der Waals surface area contributed by atoms with Crippen LogP contribution in [0.4, 0.5) is 0 Å². The molecule has 0 saturated carbocycles. The molecular weight excluding hydrogens is 426 g/mol. The summed E-state index contributed by atoms with van der Waals surface area (Å²) in [4.78, 5) is 14.9. The van der Waals surface area contributed by atoms with Crippen molar-refractivity contribution in [2.24, 2.45) is 11.8 Å². The summed E-state index contributed by atoms with van der Waals surface area (Å²) < 4.78 is 16.8. The molecule has 0 aliphatic carbocycles. The zero-order chi connectivity index (χ0) is 24.6. The maximum atomic E-state index is 12.9. The summed E-state index contributed by atoms with van der Waals surface area (Å²) >= 11 is 0. The lowest BCUT2D eigenvalue weighted by atomic mass is 9.75. The Morgan fingerprint density at radius 3 is 2.47 bits per heavy atom. The van der Waals surface area contributed by atoms with E-state index in [1.54, 1.807) is 14.2 Å². The predicted molar refractivity (Wildman–Crippen MR) is 136 cm³/mol. The molecule has 0 bridgehead atoms. The molecule has 34 heavy (non-hydrogen) atoms. The number of methoxy groups -OCH3 is 2. The molecule has 1 fully saturated rings. The molecule has 1 aliphatic rings. The SMILES string of the molecule is CCC(=O)N(CC[C@H](Cc1ccccc1)[C@@H]1CCOC(C)(C)C1)Cc1ccc(OC)c(OC)c1. The molecule has 2 aromatic rings. The van der Waals surface area contributed by atoms with Gasteiger partial charge in [-0.25, -0.2) is 0 Å². The van der Waals surface area contributed by atoms with E-state index in [0.717, 1.165) is 44.4 Å². The first-order valence-electron chi connectivity index (χ1n) is 12.5. The number of ether oxygens (including phenoxy) is 3. The van der Waals surface area contributed by atoms with Gasteiger partial charge in [-0.1, -0.05) is 43.3 Å². The van der Waals surface area contributed by atoms with Gasteiger partial charge in [-0.05, 0) is 74.6 Å². The second-order valence-corrected chi connectivity index (χ2v) is 9.96. The van der Waals surface area contributed by atoms with Gasteiger partial charge in [0.2, 0.25) is 5.91 Å². The quantitative estimate of drug-likeness (QED) is 0.413. The number of carbonyl (C=O) groups excluding carboxylic acids is 1. The highest BCUT2D eigenvalue weighted by molar-refractivity contribution is 5.75. The van der Waals surface area contributed by atoms with Crippen molar-refractivity contribution in [2.75, 3.05) is 27.4 Å². The summed E-state index contributed by atoms with van der Waals surface area (Å²) in [5.74, 6) is 2.66. The summed E-state index contributed by atoms with van der Waals surface area (Å²) in [6.45, 7) is 8.46. The van der Waals surface area contributed by atoms with Crippen molar-refractivity contribution in [1.29, 1.82) is 0 Å². The van der Waals surface area contributed by atoms with E-state index >= 15 is 0 Å². The van der Waals surface area contributed by atoms with E-state index in [-0.39, 0.29) is 11.5 Å². The predicted octanol–water partition coefficient (Wildman–Crippen LogP) is 5.90. The van der Waals surface area contributed by atoms with Gasteiger partial charge in [0.25, 0.3) is 0 Å². The van der Waals surface area contributed by atoms with Crippen LogP contribution in [0.1, 0.15) is 57.6 Å². The van der Waals surface area contributed by atoms with Crippen LogP contribution >= 0.6 is 0 Å². The van der Waals surface area contributed by atoms with Gasteiger partial charge < -0.3 is 19.1 Å². The van der Waals surface area contributed by atoms with E-state index in [2.05, 4.69) is 44.2 Å². The average molecular weight is 468 g/mol. The van der Waals surface area contributed by atoms with Crippen molar-refractivity contribution in [3.05, 3.63) is 59.7 Å². The van der Waals surface area contributed by atoms with E-state index in [9.17, 15) is 4.79 Å². The zero-order valence-electron chi connectivity index (χ0n) is 21.5. The Kier molecular flexibility index (Phi) is 9.40. The van der Waals surface area contributed by atoms with Crippen LogP contribution in [0, 0.1) is 11.8 Å². The number of hydrogen-bond donors (Lipinski definition) is 0. The molecule has 0 N–H and O–H groups in total. The Bertz CT molecular complexity index is 912. The molecule has 2 aromatic carbocycles. The maximum Gasteiger partial charge on any atom is 0.222 e. The van der Waals surface area contributed by atoms with Gasteiger partial charge in [-0.2, -0.15) is 0 Å². The van der Waals surface area contributed by atoms with E-state index < -0.39 is 0 Å². The van der Waals surface area contributed by atoms with Crippen LogP contribution in [0.5, 0.6) is 11.5 Å². The van der Waals surface area contributed by atoms with E-state index in [0.29, 0.717) is 36.3 Å². The lowest BCUT2D eigenvalue weighted by Gasteiger charge is -2.40. The fourth-order valence-electron chi connectivity index (χ4n) is 5.14. The van der Waals surface area contributed by atoms with Gasteiger partial charge in [0, 0.05) is 26.1 Å². The molecule has 0 spiro atoms. The number of benzene rings is 2. The third-order valence-corrected chi connectivity index (χ3v) is 6.99. The lowest BCUT2D eigenvalue weighted by molar-refractivity contribution is -0.132. The zero-order valence-corrected chi connectivity index (χ0v) is 21.5. The number of rotatable bonds is 11. The monoisotopic (exact) mass is 467 g/mol. The second kappa shape index (κ2) is 12.3. The molecule has 0 radical (unpaired) electrons. The Morgan fingerprint density at radius 1 is 1.09 bits per heavy atom. The Hall–Kier alpha value is -2.53. The molecular formula is C29H41NO4. The summed E-state index contributed by atoms with van der Waals surface area (Å²) in [5.41, 5.74) is 2.33. The van der Waals surface area contributed by atoms with Crippen LogP contribution < -0.4 is 9.47 Å². The maximum absolute atomic E-state index is 12.9. The van der Waals surface area contributed by atoms with Crippen molar-refractivity contribution >= 4 is 5.91 Å². The molecule has 3 rings (SSSR count). The third-order valence-electron chi connectivity index (χ3n) is 6.99. The minimum absolute atomic E-state index is 0.0869. The van der Waals surface area contributed by atoms with Gasteiger partial charge in [0.15, 0.2) is 11.5 Å². The van der Waals surface area contributed by atoms with E-state index in [1.807, 2.05) is 30.0 Å². The summed E-state index contributed by atoms with van der Waals surface area (Å²) in [5, 5.41) is 0. The van der Waals surface area contributed by atoms with Crippen molar-refractivity contribution in [2.45, 2.75) is 65.0 Å². The van der Waals surface area contributed by atoms with Crippen molar-refractivity contribution in [3.63, 3.8) is 0 Å². The van der Waals surface area contributed by atoms with Crippen LogP contribution in [0.3, 0.4) is 0 Å². The van der Waals surface area contributed by atoms with Crippen LogP contribution in [0.2, 0.25) is 0 Å². The molecule has 2 atom stereocenters. The lowest BCUT2D eigenvalue weighted by Crippen LogP contribution is -2.39. The molecule has 1 saturated heterocycles. The Labute approximate surface area is 205 Å². The van der Waals surface area contributed by atoms with E-state index in [4.69, 9.17) is 14.2 Å². The summed E-state index contributed by atoms with van der Waals surface area (Å²) in [7, 11) is 3.27. The number of nitrogens with zero attached hydrogens (tertiary/aromatic N) is 1. The first-order valence-corrected chi connectivity index (χ1v) is 12.5. The molecule has 0 unspecified atom stereocenters. The van der Waals surface area contributed by atoms with E-state index in [1.165, 1.54) is 5.56 Å². The summed E-state index contributed by atoms with van der Waals surface area (Å²) in [6.07, 6.45) is 4.65. The van der Waals surface area contributed by atoms with Crippen LogP contribution in [0.25, 0.3) is 0 Å². The fourth-order valence-corrected chi connectivity index (χ4v) is 5.14. The molecule has 5 heteroatoms. The molecule has 1 heterocycles. The van der Waals surface area contributed by atoms with Crippen LogP contribution in [-0.4, -0.2) is 43.8 Å². The molecule has 0 aromatic heterocycles. The highest BCUT2D eigenvalue weighted by Crippen LogP contribution is 2.36. The van der Waals surface area contributed by atoms with Gasteiger partial charge >= 0.3 is 0 Å². The standard InChI is InChI=1S/C29H41NO4/c1-6-28(31)30(21-23-12-13-26(32-4)27(19-23)33-5)16-14-24(18-22-10-8-7-9-11-22)25-15-17-34-29(2,3)20-25/h7-13,19,24-25H,6,14-18,20-21H2,1-5H3/t24-,25-/m1/s1.